The molecule has 0 amide bonds. The van der Waals surface area contributed by atoms with Crippen molar-refractivity contribution in [1.82, 2.24) is 5.32 Å². The van der Waals surface area contributed by atoms with Crippen molar-refractivity contribution in [2.75, 3.05) is 6.54 Å². The Bertz CT molecular complexity index is 174. The lowest BCUT2D eigenvalue weighted by Gasteiger charge is -2.22. The second-order valence-electron chi connectivity index (χ2n) is 5.43. The summed E-state index contributed by atoms with van der Waals surface area (Å²) in [6, 6.07) is 0.848. The zero-order valence-corrected chi connectivity index (χ0v) is 9.76. The van der Waals surface area contributed by atoms with Gasteiger partial charge in [-0.15, -0.1) is 0 Å². The van der Waals surface area contributed by atoms with Gasteiger partial charge in [-0.1, -0.05) is 26.7 Å². The highest BCUT2D eigenvalue weighted by Crippen LogP contribution is 2.36. The van der Waals surface area contributed by atoms with Crippen LogP contribution in [0.1, 0.15) is 52.4 Å². The first kappa shape index (κ1) is 10.5. The summed E-state index contributed by atoms with van der Waals surface area (Å²) in [6.07, 6.45) is 8.70. The Hall–Kier alpha value is -0.0400. The van der Waals surface area contributed by atoms with Gasteiger partial charge in [0.05, 0.1) is 0 Å². The van der Waals surface area contributed by atoms with E-state index in [0.717, 1.165) is 23.8 Å². The quantitative estimate of drug-likeness (QED) is 0.710. The van der Waals surface area contributed by atoms with E-state index in [0.29, 0.717) is 0 Å². The second kappa shape index (κ2) is 4.65. The van der Waals surface area contributed by atoms with Crippen LogP contribution in [-0.4, -0.2) is 12.6 Å². The fourth-order valence-electron chi connectivity index (χ4n) is 2.96. The predicted octanol–water partition coefficient (Wildman–Crippen LogP) is 3.20. The van der Waals surface area contributed by atoms with E-state index in [9.17, 15) is 0 Å². The third-order valence-electron chi connectivity index (χ3n) is 4.31. The maximum Gasteiger partial charge on any atom is 0.00953 e. The molecule has 0 aliphatic heterocycles. The smallest absolute Gasteiger partial charge is 0.00953 e. The maximum absolute atomic E-state index is 3.80. The van der Waals surface area contributed by atoms with Crippen molar-refractivity contribution in [2.45, 2.75) is 58.4 Å². The first-order chi connectivity index (χ1) is 6.81. The molecule has 2 fully saturated rings. The van der Waals surface area contributed by atoms with Crippen molar-refractivity contribution in [3.63, 3.8) is 0 Å². The minimum absolute atomic E-state index is 0.848. The van der Waals surface area contributed by atoms with E-state index in [4.69, 9.17) is 0 Å². The van der Waals surface area contributed by atoms with Gasteiger partial charge in [0.1, 0.15) is 0 Å². The van der Waals surface area contributed by atoms with Crippen molar-refractivity contribution in [1.29, 1.82) is 0 Å². The number of rotatable bonds is 5. The van der Waals surface area contributed by atoms with Crippen LogP contribution < -0.4 is 5.32 Å². The summed E-state index contributed by atoms with van der Waals surface area (Å²) in [7, 11) is 0. The molecule has 0 saturated heterocycles. The van der Waals surface area contributed by atoms with Gasteiger partial charge in [0.25, 0.3) is 0 Å². The highest BCUT2D eigenvalue weighted by molar-refractivity contribution is 4.85. The van der Waals surface area contributed by atoms with Gasteiger partial charge in [-0.05, 0) is 50.0 Å². The molecule has 2 rings (SSSR count). The Morgan fingerprint density at radius 1 is 1.21 bits per heavy atom. The van der Waals surface area contributed by atoms with Crippen LogP contribution in [0.5, 0.6) is 0 Å². The molecule has 0 aromatic rings. The van der Waals surface area contributed by atoms with Crippen LogP contribution in [0.2, 0.25) is 0 Å². The van der Waals surface area contributed by atoms with Crippen LogP contribution in [-0.2, 0) is 0 Å². The van der Waals surface area contributed by atoms with Crippen LogP contribution >= 0.6 is 0 Å². The van der Waals surface area contributed by atoms with Crippen LogP contribution in [0, 0.1) is 17.8 Å². The fourth-order valence-corrected chi connectivity index (χ4v) is 2.96. The molecule has 14 heavy (non-hydrogen) atoms. The lowest BCUT2D eigenvalue weighted by molar-refractivity contribution is 0.352. The van der Waals surface area contributed by atoms with Crippen molar-refractivity contribution in [2.24, 2.45) is 17.8 Å². The third-order valence-corrected chi connectivity index (χ3v) is 4.31. The van der Waals surface area contributed by atoms with Crippen molar-refractivity contribution < 1.29 is 0 Å². The summed E-state index contributed by atoms with van der Waals surface area (Å²) in [5.74, 6) is 2.96. The summed E-state index contributed by atoms with van der Waals surface area (Å²) >= 11 is 0. The molecular weight excluding hydrogens is 170 g/mol. The molecule has 1 N–H and O–H groups in total. The van der Waals surface area contributed by atoms with Gasteiger partial charge in [0.15, 0.2) is 0 Å². The molecule has 3 unspecified atom stereocenters. The Morgan fingerprint density at radius 3 is 2.64 bits per heavy atom. The van der Waals surface area contributed by atoms with Crippen LogP contribution in [0.3, 0.4) is 0 Å². The molecule has 0 heterocycles. The Labute approximate surface area is 88.7 Å². The van der Waals surface area contributed by atoms with E-state index in [2.05, 4.69) is 19.2 Å². The zero-order valence-electron chi connectivity index (χ0n) is 9.76. The van der Waals surface area contributed by atoms with Crippen LogP contribution in [0.15, 0.2) is 0 Å². The standard InChI is InChI=1S/C13H25N/c1-3-11-5-4-6-13(11)14-9-10(2)12-7-8-12/h10-14H,3-9H2,1-2H3. The minimum atomic E-state index is 0.848. The molecule has 0 radical (unpaired) electrons. The third kappa shape index (κ3) is 2.50. The van der Waals surface area contributed by atoms with Crippen LogP contribution in [0.25, 0.3) is 0 Å². The Kier molecular flexibility index (Phi) is 3.48. The van der Waals surface area contributed by atoms with E-state index < -0.39 is 0 Å². The molecule has 2 saturated carbocycles. The van der Waals surface area contributed by atoms with Crippen molar-refractivity contribution in [3.05, 3.63) is 0 Å². The molecule has 0 bridgehead atoms. The number of hydrogen-bond donors (Lipinski definition) is 1. The highest BCUT2D eigenvalue weighted by atomic mass is 14.9. The summed E-state index contributed by atoms with van der Waals surface area (Å²) in [4.78, 5) is 0. The van der Waals surface area contributed by atoms with E-state index in [-0.39, 0.29) is 0 Å². The van der Waals surface area contributed by atoms with Gasteiger partial charge in [0.2, 0.25) is 0 Å². The van der Waals surface area contributed by atoms with Crippen molar-refractivity contribution >= 4 is 0 Å². The fraction of sp³-hybridized carbons (Fsp3) is 1.00. The molecule has 1 nitrogen and oxygen atoms in total. The average molecular weight is 195 g/mol. The van der Waals surface area contributed by atoms with Gasteiger partial charge in [-0.25, -0.2) is 0 Å². The summed E-state index contributed by atoms with van der Waals surface area (Å²) in [5, 5.41) is 3.80. The van der Waals surface area contributed by atoms with Gasteiger partial charge in [-0.3, -0.25) is 0 Å². The van der Waals surface area contributed by atoms with E-state index in [1.54, 1.807) is 0 Å². The molecule has 3 atom stereocenters. The second-order valence-corrected chi connectivity index (χ2v) is 5.43. The lowest BCUT2D eigenvalue weighted by Crippen LogP contribution is -2.35. The molecule has 1 heteroatoms. The summed E-state index contributed by atoms with van der Waals surface area (Å²) in [5.41, 5.74) is 0. The predicted molar refractivity (Wildman–Crippen MR) is 61.3 cm³/mol. The largest absolute Gasteiger partial charge is 0.313 e. The van der Waals surface area contributed by atoms with E-state index in [1.165, 1.54) is 45.1 Å². The molecule has 2 aliphatic rings. The normalized spacial score (nSPS) is 34.7. The molecule has 0 spiro atoms. The van der Waals surface area contributed by atoms with Gasteiger partial charge < -0.3 is 5.32 Å². The topological polar surface area (TPSA) is 12.0 Å². The summed E-state index contributed by atoms with van der Waals surface area (Å²) in [6.45, 7) is 6.03. The van der Waals surface area contributed by atoms with Crippen molar-refractivity contribution in [3.8, 4) is 0 Å². The monoisotopic (exact) mass is 195 g/mol. The minimum Gasteiger partial charge on any atom is -0.313 e. The molecular formula is C13H25N. The lowest BCUT2D eigenvalue weighted by atomic mass is 9.99. The average Bonchev–Trinajstić information content (AvgIpc) is 2.94. The van der Waals surface area contributed by atoms with Crippen LogP contribution in [0.4, 0.5) is 0 Å². The first-order valence-electron chi connectivity index (χ1n) is 6.54. The number of hydrogen-bond acceptors (Lipinski definition) is 1. The SMILES string of the molecule is CCC1CCCC1NCC(C)C1CC1. The van der Waals surface area contributed by atoms with Gasteiger partial charge >= 0.3 is 0 Å². The Balaban J connectivity index is 1.68. The first-order valence-corrected chi connectivity index (χ1v) is 6.54. The van der Waals surface area contributed by atoms with E-state index >= 15 is 0 Å². The van der Waals surface area contributed by atoms with Gasteiger partial charge in [0, 0.05) is 6.04 Å². The Morgan fingerprint density at radius 2 is 2.00 bits per heavy atom. The maximum atomic E-state index is 3.80. The number of nitrogens with one attached hydrogen (secondary N) is 1. The highest BCUT2D eigenvalue weighted by Gasteiger charge is 2.30. The molecule has 0 aromatic carbocycles. The van der Waals surface area contributed by atoms with Gasteiger partial charge in [-0.2, -0.15) is 0 Å². The van der Waals surface area contributed by atoms with E-state index in [1.807, 2.05) is 0 Å². The molecule has 0 aromatic heterocycles. The zero-order chi connectivity index (χ0) is 9.97. The molecule has 82 valence electrons. The molecule has 2 aliphatic carbocycles. The summed E-state index contributed by atoms with van der Waals surface area (Å²) < 4.78 is 0.